The van der Waals surface area contributed by atoms with E-state index in [9.17, 15) is 9.59 Å². The molecule has 0 aromatic heterocycles. The lowest BCUT2D eigenvalue weighted by Gasteiger charge is -2.41. The molecule has 10 heteroatoms. The summed E-state index contributed by atoms with van der Waals surface area (Å²) in [6.45, 7) is 7.03. The molecule has 0 aliphatic carbocycles. The second kappa shape index (κ2) is 14.9. The first kappa shape index (κ1) is 29.6. The number of methoxy groups -OCH3 is 2. The molecule has 1 saturated heterocycles. The van der Waals surface area contributed by atoms with Crippen molar-refractivity contribution in [3.63, 3.8) is 0 Å². The van der Waals surface area contributed by atoms with Crippen LogP contribution >= 0.6 is 11.8 Å². The molecule has 2 aromatic carbocycles. The molecule has 0 bridgehead atoms. The minimum atomic E-state index is -1.17. The molecular weight excluding hydrogens is 508 g/mol. The number of benzene rings is 2. The third-order valence-corrected chi connectivity index (χ3v) is 7.17. The van der Waals surface area contributed by atoms with Crippen molar-refractivity contribution in [2.75, 3.05) is 59.5 Å². The zero-order valence-electron chi connectivity index (χ0n) is 22.4. The highest BCUT2D eigenvalue weighted by Gasteiger charge is 2.36. The van der Waals surface area contributed by atoms with Gasteiger partial charge in [0.1, 0.15) is 5.71 Å². The number of ether oxygens (including phenoxy) is 4. The molecule has 9 nitrogen and oxygen atoms in total. The Hall–Kier alpha value is -2.92. The van der Waals surface area contributed by atoms with Crippen LogP contribution in [0.15, 0.2) is 64.6 Å². The molecule has 0 saturated carbocycles. The summed E-state index contributed by atoms with van der Waals surface area (Å²) in [5.74, 6) is -0.545. The summed E-state index contributed by atoms with van der Waals surface area (Å²) in [7, 11) is 2.92. The Morgan fingerprint density at radius 3 is 2.37 bits per heavy atom. The fourth-order valence-corrected chi connectivity index (χ4v) is 4.79. The summed E-state index contributed by atoms with van der Waals surface area (Å²) in [6.07, 6.45) is -1.17. The number of hydrogen-bond donors (Lipinski definition) is 0. The molecule has 1 aliphatic rings. The highest BCUT2D eigenvalue weighted by atomic mass is 32.2. The first-order valence-corrected chi connectivity index (χ1v) is 13.4. The normalized spacial score (nSPS) is 15.5. The number of carbonyl (C=O) groups is 2. The van der Waals surface area contributed by atoms with Gasteiger partial charge < -0.3 is 23.8 Å². The Morgan fingerprint density at radius 1 is 1.05 bits per heavy atom. The number of carbonyl (C=O) groups excluding carboxylic acids is 2. The van der Waals surface area contributed by atoms with Crippen LogP contribution in [-0.4, -0.2) is 87.6 Å². The van der Waals surface area contributed by atoms with Gasteiger partial charge >= 0.3 is 11.9 Å². The number of nitrogens with zero attached hydrogens (tertiary/aromatic N) is 2. The van der Waals surface area contributed by atoms with Gasteiger partial charge in [-0.05, 0) is 26.0 Å². The topological polar surface area (TPSA) is 95.9 Å². The Bertz CT molecular complexity index is 1050. The lowest BCUT2D eigenvalue weighted by molar-refractivity contribution is -0.165. The standard InChI is InChI=1S/C28H36N2O7S/c1-28(2,30-14-16-35-17-15-30)26(22-10-12-23(13-11-22)38-19-18-33-3)29-37-25(21-8-6-5-7-9-21)27(32)36-20-24(31)34-4/h5-13,25H,14-20H2,1-4H3. The first-order chi connectivity index (χ1) is 18.4. The van der Waals surface area contributed by atoms with Crippen molar-refractivity contribution in [2.24, 2.45) is 5.16 Å². The maximum absolute atomic E-state index is 13.0. The maximum atomic E-state index is 13.0. The second-order valence-corrected chi connectivity index (χ2v) is 10.2. The van der Waals surface area contributed by atoms with Gasteiger partial charge in [-0.1, -0.05) is 47.6 Å². The van der Waals surface area contributed by atoms with Gasteiger partial charge in [0.15, 0.2) is 6.61 Å². The molecule has 38 heavy (non-hydrogen) atoms. The smallest absolute Gasteiger partial charge is 0.355 e. The van der Waals surface area contributed by atoms with Gasteiger partial charge in [-0.25, -0.2) is 9.59 Å². The van der Waals surface area contributed by atoms with Gasteiger partial charge in [0.2, 0.25) is 6.10 Å². The number of rotatable bonds is 13. The quantitative estimate of drug-likeness (QED) is 0.123. The molecule has 0 N–H and O–H groups in total. The Kier molecular flexibility index (Phi) is 11.6. The summed E-state index contributed by atoms with van der Waals surface area (Å²) in [5.41, 5.74) is 1.55. The summed E-state index contributed by atoms with van der Waals surface area (Å²) in [6, 6.07) is 17.0. The number of hydrogen-bond acceptors (Lipinski definition) is 10. The molecule has 1 aliphatic heterocycles. The van der Waals surface area contributed by atoms with Crippen LogP contribution in [0.5, 0.6) is 0 Å². The van der Waals surface area contributed by atoms with Crippen LogP contribution in [0.3, 0.4) is 0 Å². The van der Waals surface area contributed by atoms with Crippen LogP contribution in [0.25, 0.3) is 0 Å². The molecular formula is C28H36N2O7S. The summed E-state index contributed by atoms with van der Waals surface area (Å²) in [5, 5.41) is 4.58. The number of thioether (sulfide) groups is 1. The monoisotopic (exact) mass is 544 g/mol. The van der Waals surface area contributed by atoms with E-state index in [1.807, 2.05) is 30.3 Å². The Balaban J connectivity index is 1.93. The van der Waals surface area contributed by atoms with Crippen LogP contribution in [0, 0.1) is 0 Å². The van der Waals surface area contributed by atoms with Gasteiger partial charge in [0, 0.05) is 42.0 Å². The van der Waals surface area contributed by atoms with Crippen molar-refractivity contribution in [2.45, 2.75) is 30.4 Å². The second-order valence-electron chi connectivity index (χ2n) is 9.04. The molecule has 3 rings (SSSR count). The highest BCUT2D eigenvalue weighted by Crippen LogP contribution is 2.27. The Labute approximate surface area is 228 Å². The van der Waals surface area contributed by atoms with E-state index in [1.54, 1.807) is 43.1 Å². The zero-order valence-corrected chi connectivity index (χ0v) is 23.2. The van der Waals surface area contributed by atoms with E-state index in [2.05, 4.69) is 28.6 Å². The van der Waals surface area contributed by atoms with Crippen LogP contribution in [-0.2, 0) is 33.4 Å². The first-order valence-electron chi connectivity index (χ1n) is 12.4. The summed E-state index contributed by atoms with van der Waals surface area (Å²) >= 11 is 1.71. The maximum Gasteiger partial charge on any atom is 0.355 e. The molecule has 0 radical (unpaired) electrons. The molecule has 2 aromatic rings. The minimum Gasteiger partial charge on any atom is -0.466 e. The van der Waals surface area contributed by atoms with Crippen molar-refractivity contribution < 1.29 is 33.4 Å². The molecule has 0 amide bonds. The average molecular weight is 545 g/mol. The fraction of sp³-hybridized carbons (Fsp3) is 0.464. The molecule has 1 atom stereocenters. The van der Waals surface area contributed by atoms with Crippen LogP contribution in [0.2, 0.25) is 0 Å². The van der Waals surface area contributed by atoms with Gasteiger partial charge in [-0.3, -0.25) is 4.90 Å². The van der Waals surface area contributed by atoms with Gasteiger partial charge in [-0.2, -0.15) is 0 Å². The molecule has 1 unspecified atom stereocenters. The molecule has 1 fully saturated rings. The lowest BCUT2D eigenvalue weighted by atomic mass is 9.90. The van der Waals surface area contributed by atoms with Crippen LogP contribution in [0.1, 0.15) is 31.1 Å². The van der Waals surface area contributed by atoms with Crippen molar-refractivity contribution in [3.8, 4) is 0 Å². The van der Waals surface area contributed by atoms with Crippen molar-refractivity contribution >= 4 is 29.4 Å². The lowest BCUT2D eigenvalue weighted by Crippen LogP contribution is -2.54. The van der Waals surface area contributed by atoms with E-state index in [0.717, 1.165) is 29.3 Å². The van der Waals surface area contributed by atoms with E-state index in [4.69, 9.17) is 19.0 Å². The average Bonchev–Trinajstić information content (AvgIpc) is 2.95. The molecule has 206 valence electrons. The predicted octanol–water partition coefficient (Wildman–Crippen LogP) is 3.71. The van der Waals surface area contributed by atoms with Crippen molar-refractivity contribution in [3.05, 3.63) is 65.7 Å². The number of esters is 2. The largest absolute Gasteiger partial charge is 0.466 e. The minimum absolute atomic E-state index is 0.514. The van der Waals surface area contributed by atoms with Crippen molar-refractivity contribution in [1.29, 1.82) is 0 Å². The van der Waals surface area contributed by atoms with Gasteiger partial charge in [-0.15, -0.1) is 11.8 Å². The third-order valence-electron chi connectivity index (χ3n) is 6.19. The summed E-state index contributed by atoms with van der Waals surface area (Å²) < 4.78 is 20.5. The van der Waals surface area contributed by atoms with Crippen LogP contribution < -0.4 is 0 Å². The van der Waals surface area contributed by atoms with E-state index >= 15 is 0 Å². The van der Waals surface area contributed by atoms with Gasteiger partial charge in [0.25, 0.3) is 0 Å². The van der Waals surface area contributed by atoms with E-state index in [-0.39, 0.29) is 0 Å². The third kappa shape index (κ3) is 8.29. The van der Waals surface area contributed by atoms with Gasteiger partial charge in [0.05, 0.1) is 32.5 Å². The summed E-state index contributed by atoms with van der Waals surface area (Å²) in [4.78, 5) is 33.9. The highest BCUT2D eigenvalue weighted by molar-refractivity contribution is 7.99. The Morgan fingerprint density at radius 2 is 1.74 bits per heavy atom. The number of morpholine rings is 1. The molecule has 1 heterocycles. The molecule has 0 spiro atoms. The van der Waals surface area contributed by atoms with E-state index in [1.165, 1.54) is 7.11 Å². The predicted molar refractivity (Wildman–Crippen MR) is 145 cm³/mol. The van der Waals surface area contributed by atoms with E-state index < -0.39 is 30.2 Å². The zero-order chi connectivity index (χ0) is 27.4. The van der Waals surface area contributed by atoms with Crippen molar-refractivity contribution in [1.82, 2.24) is 4.90 Å². The number of oxime groups is 1. The SMILES string of the molecule is COCCSc1ccc(C(=NOC(C(=O)OCC(=O)OC)c2ccccc2)C(C)(C)N2CCOCC2)cc1. The van der Waals surface area contributed by atoms with E-state index in [0.29, 0.717) is 31.1 Å². The fourth-order valence-electron chi connectivity index (χ4n) is 3.98. The van der Waals surface area contributed by atoms with Crippen LogP contribution in [0.4, 0.5) is 0 Å².